The van der Waals surface area contributed by atoms with E-state index in [0.717, 1.165) is 25.0 Å². The van der Waals surface area contributed by atoms with Crippen LogP contribution in [0.1, 0.15) is 26.7 Å². The number of piperidine rings is 1. The first kappa shape index (κ1) is 11.0. The second-order valence-corrected chi connectivity index (χ2v) is 3.93. The summed E-state index contributed by atoms with van der Waals surface area (Å²) in [5.74, 6) is 1.81. The zero-order valence-electron chi connectivity index (χ0n) is 9.25. The molecule has 0 aliphatic carbocycles. The average Bonchev–Trinajstić information content (AvgIpc) is 2.21. The Morgan fingerprint density at radius 1 is 1.15 bits per heavy atom. The van der Waals surface area contributed by atoms with Gasteiger partial charge in [-0.3, -0.25) is 0 Å². The molecule has 2 saturated heterocycles. The Morgan fingerprint density at radius 3 is 2.69 bits per heavy atom. The van der Waals surface area contributed by atoms with E-state index in [-0.39, 0.29) is 0 Å². The molecular formula is C11H23NO. The van der Waals surface area contributed by atoms with Gasteiger partial charge in [-0.05, 0) is 38.3 Å². The predicted molar refractivity (Wildman–Crippen MR) is 55.9 cm³/mol. The lowest BCUT2D eigenvalue weighted by Crippen LogP contribution is -2.42. The zero-order chi connectivity index (χ0) is 9.68. The van der Waals surface area contributed by atoms with Crippen LogP contribution < -0.4 is 0 Å². The summed E-state index contributed by atoms with van der Waals surface area (Å²) >= 11 is 0. The second kappa shape index (κ2) is 5.61. The van der Waals surface area contributed by atoms with Crippen molar-refractivity contribution < 1.29 is 4.74 Å². The highest BCUT2D eigenvalue weighted by molar-refractivity contribution is 4.80. The largest absolute Gasteiger partial charge is 0.381 e. The lowest BCUT2D eigenvalue weighted by Gasteiger charge is -2.39. The summed E-state index contributed by atoms with van der Waals surface area (Å²) in [4.78, 5) is 2.43. The van der Waals surface area contributed by atoms with Crippen molar-refractivity contribution in [3.8, 4) is 0 Å². The summed E-state index contributed by atoms with van der Waals surface area (Å²) in [6, 6.07) is 0. The van der Waals surface area contributed by atoms with Crippen molar-refractivity contribution in [3.05, 3.63) is 0 Å². The molecule has 0 radical (unpaired) electrons. The lowest BCUT2D eigenvalue weighted by atomic mass is 9.83. The smallest absolute Gasteiger partial charge is 0.0509 e. The fourth-order valence-corrected chi connectivity index (χ4v) is 2.30. The molecule has 0 saturated carbocycles. The Balaban J connectivity index is 0.000000396. The number of nitrogens with zero attached hydrogens (tertiary/aromatic N) is 1. The Labute approximate surface area is 82.3 Å². The molecule has 2 aliphatic rings. The molecule has 2 nitrogen and oxygen atoms in total. The number of fused-ring (bicyclic) bond motifs is 1. The van der Waals surface area contributed by atoms with Gasteiger partial charge in [-0.1, -0.05) is 13.8 Å². The van der Waals surface area contributed by atoms with Crippen molar-refractivity contribution >= 4 is 0 Å². The molecule has 2 atom stereocenters. The van der Waals surface area contributed by atoms with E-state index in [2.05, 4.69) is 11.9 Å². The van der Waals surface area contributed by atoms with Gasteiger partial charge in [0.25, 0.3) is 0 Å². The van der Waals surface area contributed by atoms with E-state index in [1.165, 1.54) is 25.9 Å². The number of hydrogen-bond donors (Lipinski definition) is 0. The molecule has 2 unspecified atom stereocenters. The molecule has 2 rings (SSSR count). The Hall–Kier alpha value is -0.0800. The summed E-state index contributed by atoms with van der Waals surface area (Å²) in [7, 11) is 2.21. The van der Waals surface area contributed by atoms with Crippen molar-refractivity contribution in [2.45, 2.75) is 26.7 Å². The van der Waals surface area contributed by atoms with E-state index < -0.39 is 0 Å². The summed E-state index contributed by atoms with van der Waals surface area (Å²) in [6.45, 7) is 8.56. The Morgan fingerprint density at radius 2 is 1.92 bits per heavy atom. The van der Waals surface area contributed by atoms with Crippen molar-refractivity contribution in [1.29, 1.82) is 0 Å². The first-order valence-corrected chi connectivity index (χ1v) is 5.62. The summed E-state index contributed by atoms with van der Waals surface area (Å²) < 4.78 is 5.46. The maximum Gasteiger partial charge on any atom is 0.0509 e. The molecule has 0 bridgehead atoms. The van der Waals surface area contributed by atoms with E-state index in [9.17, 15) is 0 Å². The fraction of sp³-hybridized carbons (Fsp3) is 1.00. The van der Waals surface area contributed by atoms with Gasteiger partial charge in [0.1, 0.15) is 0 Å². The number of rotatable bonds is 0. The third-order valence-electron chi connectivity index (χ3n) is 3.06. The van der Waals surface area contributed by atoms with Crippen LogP contribution in [0.25, 0.3) is 0 Å². The average molecular weight is 185 g/mol. The van der Waals surface area contributed by atoms with Gasteiger partial charge in [0.15, 0.2) is 0 Å². The van der Waals surface area contributed by atoms with E-state index >= 15 is 0 Å². The minimum Gasteiger partial charge on any atom is -0.381 e. The van der Waals surface area contributed by atoms with Crippen LogP contribution in [0.3, 0.4) is 0 Å². The molecule has 0 aromatic heterocycles. The third-order valence-corrected chi connectivity index (χ3v) is 3.06. The normalized spacial score (nSPS) is 34.4. The van der Waals surface area contributed by atoms with Crippen LogP contribution in [0, 0.1) is 11.8 Å². The van der Waals surface area contributed by atoms with Crippen molar-refractivity contribution in [2.24, 2.45) is 11.8 Å². The van der Waals surface area contributed by atoms with Crippen molar-refractivity contribution in [3.63, 3.8) is 0 Å². The monoisotopic (exact) mass is 185 g/mol. The Bertz CT molecular complexity index is 138. The fourth-order valence-electron chi connectivity index (χ4n) is 2.30. The molecule has 0 spiro atoms. The maximum atomic E-state index is 5.46. The lowest BCUT2D eigenvalue weighted by molar-refractivity contribution is -0.0189. The first-order valence-electron chi connectivity index (χ1n) is 5.62. The van der Waals surface area contributed by atoms with Crippen LogP contribution >= 0.6 is 0 Å². The van der Waals surface area contributed by atoms with E-state index in [1.807, 2.05) is 13.8 Å². The minimum absolute atomic E-state index is 0.836. The zero-order valence-corrected chi connectivity index (χ0v) is 9.25. The van der Waals surface area contributed by atoms with E-state index in [0.29, 0.717) is 0 Å². The van der Waals surface area contributed by atoms with Gasteiger partial charge in [-0.25, -0.2) is 0 Å². The van der Waals surface area contributed by atoms with Crippen LogP contribution in [0.15, 0.2) is 0 Å². The van der Waals surface area contributed by atoms with Crippen LogP contribution in [0.2, 0.25) is 0 Å². The van der Waals surface area contributed by atoms with Crippen LogP contribution in [-0.2, 0) is 4.74 Å². The predicted octanol–water partition coefficient (Wildman–Crippen LogP) is 2.00. The van der Waals surface area contributed by atoms with Gasteiger partial charge in [0.2, 0.25) is 0 Å². The quantitative estimate of drug-likeness (QED) is 0.572. The molecule has 2 heteroatoms. The number of likely N-dealkylation sites (tertiary alicyclic amines) is 1. The summed E-state index contributed by atoms with van der Waals surface area (Å²) in [5.41, 5.74) is 0. The molecule has 0 aromatic carbocycles. The standard InChI is InChI=1S/C9H17NO.C2H6/c1-10-4-2-8-3-5-11-7-9(8)6-10;1-2/h8-9H,2-7H2,1H3;1-2H3. The SMILES string of the molecule is CC.CN1CCC2CCOCC2C1. The van der Waals surface area contributed by atoms with E-state index in [1.54, 1.807) is 0 Å². The van der Waals surface area contributed by atoms with E-state index in [4.69, 9.17) is 4.74 Å². The highest BCUT2D eigenvalue weighted by Crippen LogP contribution is 2.29. The molecule has 78 valence electrons. The molecule has 2 aliphatic heterocycles. The molecule has 0 N–H and O–H groups in total. The maximum absolute atomic E-state index is 5.46. The molecule has 2 fully saturated rings. The minimum atomic E-state index is 0.836. The van der Waals surface area contributed by atoms with Gasteiger partial charge in [-0.2, -0.15) is 0 Å². The third kappa shape index (κ3) is 2.96. The second-order valence-electron chi connectivity index (χ2n) is 3.93. The van der Waals surface area contributed by atoms with Gasteiger partial charge in [0.05, 0.1) is 6.61 Å². The summed E-state index contributed by atoms with van der Waals surface area (Å²) in [6.07, 6.45) is 2.70. The molecule has 2 heterocycles. The number of ether oxygens (including phenoxy) is 1. The summed E-state index contributed by atoms with van der Waals surface area (Å²) in [5, 5.41) is 0. The highest BCUT2D eigenvalue weighted by Gasteiger charge is 2.29. The van der Waals surface area contributed by atoms with Gasteiger partial charge < -0.3 is 9.64 Å². The van der Waals surface area contributed by atoms with Crippen LogP contribution in [0.4, 0.5) is 0 Å². The Kier molecular flexibility index (Phi) is 4.74. The van der Waals surface area contributed by atoms with Gasteiger partial charge in [0, 0.05) is 13.2 Å². The highest BCUT2D eigenvalue weighted by atomic mass is 16.5. The van der Waals surface area contributed by atoms with Crippen LogP contribution in [0.5, 0.6) is 0 Å². The molecule has 0 aromatic rings. The van der Waals surface area contributed by atoms with Crippen LogP contribution in [-0.4, -0.2) is 38.3 Å². The van der Waals surface area contributed by atoms with Crippen molar-refractivity contribution in [2.75, 3.05) is 33.4 Å². The van der Waals surface area contributed by atoms with Crippen molar-refractivity contribution in [1.82, 2.24) is 4.90 Å². The van der Waals surface area contributed by atoms with Gasteiger partial charge >= 0.3 is 0 Å². The first-order chi connectivity index (χ1) is 6.36. The molecular weight excluding hydrogens is 162 g/mol. The molecule has 0 amide bonds. The topological polar surface area (TPSA) is 12.5 Å². The number of hydrogen-bond acceptors (Lipinski definition) is 2. The molecule has 13 heavy (non-hydrogen) atoms. The van der Waals surface area contributed by atoms with Gasteiger partial charge in [-0.15, -0.1) is 0 Å².